The number of aliphatic hydroxyl groups is 1. The third kappa shape index (κ3) is 8.78. The number of aliphatic hydroxyl groups excluding tert-OH is 1. The largest absolute Gasteiger partial charge is 0.463 e. The minimum Gasteiger partial charge on any atom is -0.463 e. The molecule has 2 aliphatic rings. The standard InChI is InChI=1S/C27H38N2O6/c30-15-17-34-16-13-28-25(31)19-22-10-5-2-6-11-23(18-21-8-3-1-4-9-21)27(33)35-20-24-12-7-14-29(24)26(22)32/h1-5,8-9,22-24,30H,6-7,10-20H2,(H,28,31)/t22-,23-,24+/m1/s1. The van der Waals surface area contributed by atoms with Gasteiger partial charge < -0.3 is 24.8 Å². The zero-order chi connectivity index (χ0) is 24.9. The molecule has 2 N–H and O–H groups in total. The first-order chi connectivity index (χ1) is 17.1. The maximum absolute atomic E-state index is 13.4. The van der Waals surface area contributed by atoms with Crippen LogP contribution in [0.1, 0.15) is 44.1 Å². The number of nitrogens with one attached hydrogen (secondary N) is 1. The maximum atomic E-state index is 13.4. The lowest BCUT2D eigenvalue weighted by Crippen LogP contribution is -2.43. The van der Waals surface area contributed by atoms with Crippen LogP contribution in [0.4, 0.5) is 0 Å². The molecule has 0 aromatic heterocycles. The molecule has 1 saturated heterocycles. The van der Waals surface area contributed by atoms with Gasteiger partial charge in [0.15, 0.2) is 0 Å². The molecule has 3 atom stereocenters. The van der Waals surface area contributed by atoms with E-state index < -0.39 is 5.92 Å². The van der Waals surface area contributed by atoms with Gasteiger partial charge in [-0.15, -0.1) is 0 Å². The van der Waals surface area contributed by atoms with E-state index in [1.165, 1.54) is 0 Å². The van der Waals surface area contributed by atoms with Gasteiger partial charge in [-0.05, 0) is 44.1 Å². The fourth-order valence-corrected chi connectivity index (χ4v) is 4.70. The summed E-state index contributed by atoms with van der Waals surface area (Å²) in [7, 11) is 0. The second kappa shape index (κ2) is 14.6. The fraction of sp³-hybridized carbons (Fsp3) is 0.593. The highest BCUT2D eigenvalue weighted by Crippen LogP contribution is 2.25. The number of cyclic esters (lactones) is 1. The third-order valence-electron chi connectivity index (χ3n) is 6.59. The van der Waals surface area contributed by atoms with Crippen molar-refractivity contribution in [3.63, 3.8) is 0 Å². The van der Waals surface area contributed by atoms with Crippen molar-refractivity contribution >= 4 is 17.8 Å². The van der Waals surface area contributed by atoms with Gasteiger partial charge in [-0.1, -0.05) is 42.5 Å². The van der Waals surface area contributed by atoms with Gasteiger partial charge in [0.1, 0.15) is 6.61 Å². The quantitative estimate of drug-likeness (QED) is 0.315. The van der Waals surface area contributed by atoms with Crippen molar-refractivity contribution in [1.29, 1.82) is 0 Å². The summed E-state index contributed by atoms with van der Waals surface area (Å²) < 4.78 is 10.9. The average Bonchev–Trinajstić information content (AvgIpc) is 3.34. The first kappa shape index (κ1) is 26.9. The van der Waals surface area contributed by atoms with E-state index in [9.17, 15) is 14.4 Å². The molecule has 3 rings (SSSR count). The van der Waals surface area contributed by atoms with Crippen molar-refractivity contribution in [2.75, 3.05) is 39.5 Å². The number of rotatable bonds is 9. The number of hydrogen-bond acceptors (Lipinski definition) is 6. The molecule has 35 heavy (non-hydrogen) atoms. The number of esters is 1. The van der Waals surface area contributed by atoms with Crippen molar-refractivity contribution < 1.29 is 29.0 Å². The molecule has 2 amide bonds. The summed E-state index contributed by atoms with van der Waals surface area (Å²) in [6.45, 7) is 1.63. The van der Waals surface area contributed by atoms with Crippen molar-refractivity contribution in [3.8, 4) is 0 Å². The maximum Gasteiger partial charge on any atom is 0.309 e. The van der Waals surface area contributed by atoms with E-state index >= 15 is 0 Å². The van der Waals surface area contributed by atoms with Crippen LogP contribution in [0, 0.1) is 11.8 Å². The van der Waals surface area contributed by atoms with E-state index in [0.29, 0.717) is 45.4 Å². The molecule has 8 heteroatoms. The molecular formula is C27H38N2O6. The smallest absolute Gasteiger partial charge is 0.309 e. The Bertz CT molecular complexity index is 843. The number of allylic oxidation sites excluding steroid dienone is 2. The third-order valence-corrected chi connectivity index (χ3v) is 6.59. The Balaban J connectivity index is 1.64. The number of hydrogen-bond donors (Lipinski definition) is 2. The minimum absolute atomic E-state index is 0.0556. The molecule has 2 heterocycles. The molecular weight excluding hydrogens is 448 g/mol. The second-order valence-corrected chi connectivity index (χ2v) is 9.22. The average molecular weight is 487 g/mol. The number of nitrogens with zero attached hydrogens (tertiary/aromatic N) is 1. The van der Waals surface area contributed by atoms with Gasteiger partial charge in [-0.3, -0.25) is 14.4 Å². The Morgan fingerprint density at radius 2 is 1.94 bits per heavy atom. The lowest BCUT2D eigenvalue weighted by molar-refractivity contribution is -0.152. The molecule has 1 aromatic rings. The summed E-state index contributed by atoms with van der Waals surface area (Å²) in [4.78, 5) is 40.6. The highest BCUT2D eigenvalue weighted by Gasteiger charge is 2.35. The van der Waals surface area contributed by atoms with E-state index in [2.05, 4.69) is 5.32 Å². The van der Waals surface area contributed by atoms with E-state index in [4.69, 9.17) is 14.6 Å². The summed E-state index contributed by atoms with van der Waals surface area (Å²) in [6, 6.07) is 9.81. The van der Waals surface area contributed by atoms with Gasteiger partial charge in [0, 0.05) is 19.5 Å². The predicted octanol–water partition coefficient (Wildman–Crippen LogP) is 2.25. The van der Waals surface area contributed by atoms with Crippen LogP contribution < -0.4 is 5.32 Å². The highest BCUT2D eigenvalue weighted by molar-refractivity contribution is 5.86. The number of ether oxygens (including phenoxy) is 2. The zero-order valence-corrected chi connectivity index (χ0v) is 20.4. The molecule has 1 fully saturated rings. The monoisotopic (exact) mass is 486 g/mol. The Hall–Kier alpha value is -2.71. The SMILES string of the molecule is O=C(C[C@H]1CC=CCC[C@H](Cc2ccccc2)C(=O)OC[C@@H]2CCCN2C1=O)NCCOCCO. The second-order valence-electron chi connectivity index (χ2n) is 9.22. The first-order valence-electron chi connectivity index (χ1n) is 12.7. The number of benzene rings is 1. The minimum atomic E-state index is -0.457. The number of carbonyl (C=O) groups is 3. The van der Waals surface area contributed by atoms with Gasteiger partial charge in [0.25, 0.3) is 0 Å². The molecule has 0 bridgehead atoms. The molecule has 0 aliphatic carbocycles. The number of fused-ring (bicyclic) bond motifs is 1. The van der Waals surface area contributed by atoms with Gasteiger partial charge in [0.05, 0.1) is 37.7 Å². The first-order valence-corrected chi connectivity index (χ1v) is 12.7. The molecule has 192 valence electrons. The highest BCUT2D eigenvalue weighted by atomic mass is 16.5. The topological polar surface area (TPSA) is 105 Å². The van der Waals surface area contributed by atoms with Gasteiger partial charge in [-0.2, -0.15) is 0 Å². The molecule has 0 radical (unpaired) electrons. The van der Waals surface area contributed by atoms with Crippen LogP contribution in [-0.2, 0) is 30.3 Å². The molecule has 0 saturated carbocycles. The molecule has 0 spiro atoms. The molecule has 8 nitrogen and oxygen atoms in total. The zero-order valence-electron chi connectivity index (χ0n) is 20.4. The summed E-state index contributed by atoms with van der Waals surface area (Å²) in [5, 5.41) is 11.5. The van der Waals surface area contributed by atoms with Gasteiger partial charge >= 0.3 is 5.97 Å². The van der Waals surface area contributed by atoms with Crippen molar-refractivity contribution in [1.82, 2.24) is 10.2 Å². The number of carbonyl (C=O) groups excluding carboxylic acids is 3. The van der Waals surface area contributed by atoms with Gasteiger partial charge in [0.2, 0.25) is 11.8 Å². The lowest BCUT2D eigenvalue weighted by atomic mass is 9.94. The van der Waals surface area contributed by atoms with Crippen LogP contribution in [-0.4, -0.2) is 73.3 Å². The lowest BCUT2D eigenvalue weighted by Gasteiger charge is -2.28. The summed E-state index contributed by atoms with van der Waals surface area (Å²) in [5.74, 6) is -1.15. The van der Waals surface area contributed by atoms with E-state index in [1.54, 1.807) is 4.90 Å². The number of amides is 2. The van der Waals surface area contributed by atoms with Crippen LogP contribution in [0.5, 0.6) is 0 Å². The summed E-state index contributed by atoms with van der Waals surface area (Å²) >= 11 is 0. The Kier molecular flexibility index (Phi) is 11.2. The van der Waals surface area contributed by atoms with Crippen LogP contribution in [0.25, 0.3) is 0 Å². The Labute approximate surface area is 207 Å². The van der Waals surface area contributed by atoms with Crippen molar-refractivity contribution in [2.45, 2.75) is 51.0 Å². The van der Waals surface area contributed by atoms with E-state index in [1.807, 2.05) is 42.5 Å². The Morgan fingerprint density at radius 3 is 2.74 bits per heavy atom. The normalized spacial score (nSPS) is 23.6. The van der Waals surface area contributed by atoms with E-state index in [0.717, 1.165) is 18.4 Å². The van der Waals surface area contributed by atoms with Crippen molar-refractivity contribution in [3.05, 3.63) is 48.0 Å². The van der Waals surface area contributed by atoms with Crippen molar-refractivity contribution in [2.24, 2.45) is 11.8 Å². The van der Waals surface area contributed by atoms with Crippen LogP contribution >= 0.6 is 0 Å². The van der Waals surface area contributed by atoms with Crippen LogP contribution in [0.3, 0.4) is 0 Å². The molecule has 0 unspecified atom stereocenters. The fourth-order valence-electron chi connectivity index (χ4n) is 4.70. The molecule has 1 aromatic carbocycles. The molecule has 2 aliphatic heterocycles. The Morgan fingerprint density at radius 1 is 1.11 bits per heavy atom. The summed E-state index contributed by atoms with van der Waals surface area (Å²) in [6.07, 6.45) is 8.21. The van der Waals surface area contributed by atoms with E-state index in [-0.39, 0.29) is 56.0 Å². The summed E-state index contributed by atoms with van der Waals surface area (Å²) in [5.41, 5.74) is 1.10. The van der Waals surface area contributed by atoms with Crippen LogP contribution in [0.2, 0.25) is 0 Å². The van der Waals surface area contributed by atoms with Crippen LogP contribution in [0.15, 0.2) is 42.5 Å². The van der Waals surface area contributed by atoms with Gasteiger partial charge in [-0.25, -0.2) is 0 Å². The predicted molar refractivity (Wildman–Crippen MR) is 131 cm³/mol.